The normalized spacial score (nSPS) is 12.8. The van der Waals surface area contributed by atoms with E-state index in [0.29, 0.717) is 27.9 Å². The molecule has 0 fully saturated rings. The molecule has 0 spiro atoms. The average molecular weight is 1120 g/mol. The maximum absolute atomic E-state index is 12.8. The van der Waals surface area contributed by atoms with Crippen molar-refractivity contribution >= 4 is 10.9 Å². The van der Waals surface area contributed by atoms with Crippen molar-refractivity contribution in [1.29, 1.82) is 0 Å². The Morgan fingerprint density at radius 1 is 0.486 bits per heavy atom. The smallest absolute Gasteiger partial charge is 0.517 e. The number of hydrogen-bond donors (Lipinski definition) is 1. The number of benzene rings is 8. The molecule has 0 bridgehead atoms. The third-order valence-electron chi connectivity index (χ3n) is 13.5. The Morgan fingerprint density at radius 3 is 1.69 bits per heavy atom. The van der Waals surface area contributed by atoms with Crippen LogP contribution in [-0.2, 0) is 37.3 Å². The zero-order valence-electron chi connectivity index (χ0n) is 46.7. The Kier molecular flexibility index (Phi) is 12.2. The van der Waals surface area contributed by atoms with Crippen molar-refractivity contribution in [3.8, 4) is 89.6 Å². The van der Waals surface area contributed by atoms with Crippen molar-refractivity contribution in [1.82, 2.24) is 9.55 Å². The number of hydrogen-bond acceptors (Lipinski definition) is 2. The summed E-state index contributed by atoms with van der Waals surface area (Å²) in [6, 6.07) is 61.7. The number of nitrogens with zero attached hydrogens (tertiary/aromatic N) is 2. The molecule has 2 heterocycles. The van der Waals surface area contributed by atoms with E-state index < -0.39 is 5.41 Å². The molecular weight excluding hydrogens is 1060 g/mol. The van der Waals surface area contributed by atoms with Crippen LogP contribution in [0.3, 0.4) is 0 Å². The van der Waals surface area contributed by atoms with Crippen LogP contribution in [0.1, 0.15) is 90.1 Å². The van der Waals surface area contributed by atoms with Crippen LogP contribution in [0, 0.1) is 19.1 Å². The fraction of sp³-hybridized carbons (Fsp3) is 0.191. The Balaban J connectivity index is 0.00000706. The Labute approximate surface area is 447 Å². The second kappa shape index (κ2) is 19.5. The summed E-state index contributed by atoms with van der Waals surface area (Å²) in [7, 11) is 0. The van der Waals surface area contributed by atoms with Crippen LogP contribution in [0.25, 0.3) is 94.7 Å². The zero-order valence-corrected chi connectivity index (χ0v) is 45.0. The molecule has 10 aromatic rings. The van der Waals surface area contributed by atoms with Crippen molar-refractivity contribution in [3.05, 3.63) is 222 Å². The van der Waals surface area contributed by atoms with Crippen molar-refractivity contribution in [2.45, 2.75) is 85.5 Å². The number of phenols is 1. The van der Waals surface area contributed by atoms with Crippen molar-refractivity contribution in [3.63, 3.8) is 0 Å². The van der Waals surface area contributed by atoms with Crippen LogP contribution in [0.4, 0.5) is 0 Å². The van der Waals surface area contributed by atoms with Crippen LogP contribution >= 0.6 is 0 Å². The fourth-order valence-electron chi connectivity index (χ4n) is 9.51. The van der Waals surface area contributed by atoms with Crippen molar-refractivity contribution < 1.29 is 31.7 Å². The van der Waals surface area contributed by atoms with Crippen LogP contribution < -0.4 is 0 Å². The van der Waals surface area contributed by atoms with E-state index in [9.17, 15) is 5.11 Å². The first-order chi connectivity index (χ1) is 35.6. The van der Waals surface area contributed by atoms with Gasteiger partial charge in [-0.05, 0) is 108 Å². The van der Waals surface area contributed by atoms with E-state index in [0.717, 1.165) is 83.5 Å². The van der Waals surface area contributed by atoms with Gasteiger partial charge in [-0.2, -0.15) is 0 Å². The first-order valence-electron chi connectivity index (χ1n) is 26.5. The van der Waals surface area contributed by atoms with Gasteiger partial charge in [0.1, 0.15) is 0 Å². The number of aromatic nitrogens is 2. The minimum absolute atomic E-state index is 0. The summed E-state index contributed by atoms with van der Waals surface area (Å²) < 4.78 is 38.6. The standard InChI is InChI=1S/C68H62N2O.Pt/c1-44-35-57(48-25-18-13-19-26-48)63(42-56(44)47-23-16-12-17-24-47)70-62-28-20-27-55(58(62)43-64(70)59-40-54(67(5,6)7)41-60(65(59)71)68(8,9)10)51-36-50(45-21-14-11-15-22-45)37-52(38-51)61-39-49(33-34-69-61)46-29-31-53(32-30-46)66(2,3)4;/h11-37,39-42,71H,1-10H3;/q-2;+2/i29D,30D,31D,32D;. The van der Waals surface area contributed by atoms with Gasteiger partial charge in [-0.1, -0.05) is 231 Å². The summed E-state index contributed by atoms with van der Waals surface area (Å²) in [5.41, 5.74) is 15.4. The van der Waals surface area contributed by atoms with Gasteiger partial charge in [-0.15, -0.1) is 40.8 Å². The minimum atomic E-state index is -0.589. The molecule has 0 unspecified atom stereocenters. The Hall–Kier alpha value is -7.06. The van der Waals surface area contributed by atoms with Gasteiger partial charge >= 0.3 is 21.1 Å². The molecule has 0 aliphatic heterocycles. The molecule has 0 atom stereocenters. The molecule has 3 nitrogen and oxygen atoms in total. The molecule has 0 radical (unpaired) electrons. The molecule has 360 valence electrons. The van der Waals surface area contributed by atoms with Gasteiger partial charge in [-0.3, -0.25) is 4.98 Å². The van der Waals surface area contributed by atoms with Gasteiger partial charge in [0.25, 0.3) is 0 Å². The molecule has 1 N–H and O–H groups in total. The van der Waals surface area contributed by atoms with Gasteiger partial charge in [0.15, 0.2) is 0 Å². The molecule has 0 saturated carbocycles. The van der Waals surface area contributed by atoms with Crippen LogP contribution in [0.5, 0.6) is 5.75 Å². The van der Waals surface area contributed by atoms with E-state index in [1.165, 1.54) is 0 Å². The second-order valence-electron chi connectivity index (χ2n) is 21.8. The summed E-state index contributed by atoms with van der Waals surface area (Å²) in [5.74, 6) is 0.217. The third-order valence-corrected chi connectivity index (χ3v) is 13.5. The van der Waals surface area contributed by atoms with E-state index >= 15 is 0 Å². The van der Waals surface area contributed by atoms with E-state index in [1.54, 1.807) is 12.3 Å². The number of phenolic OH excluding ortho intramolecular Hbond substituents is 1. The molecule has 2 aromatic heterocycles. The van der Waals surface area contributed by atoms with Gasteiger partial charge in [0.2, 0.25) is 0 Å². The summed E-state index contributed by atoms with van der Waals surface area (Å²) in [4.78, 5) is 4.88. The van der Waals surface area contributed by atoms with E-state index in [-0.39, 0.29) is 67.4 Å². The van der Waals surface area contributed by atoms with E-state index in [2.05, 4.69) is 180 Å². The largest absolute Gasteiger partial charge is 2.00 e. The summed E-state index contributed by atoms with van der Waals surface area (Å²) in [6.07, 6.45) is 1.66. The van der Waals surface area contributed by atoms with Crippen molar-refractivity contribution in [2.75, 3.05) is 0 Å². The number of aryl methyl sites for hydroxylation is 1. The number of pyridine rings is 1. The van der Waals surface area contributed by atoms with E-state index in [4.69, 9.17) is 10.5 Å². The van der Waals surface area contributed by atoms with Crippen LogP contribution in [-0.4, -0.2) is 14.7 Å². The molecule has 0 aliphatic carbocycles. The molecule has 0 amide bonds. The molecule has 0 saturated heterocycles. The maximum atomic E-state index is 12.8. The third kappa shape index (κ3) is 9.80. The Bertz CT molecular complexity index is 3800. The maximum Gasteiger partial charge on any atom is 2.00 e. The van der Waals surface area contributed by atoms with Crippen LogP contribution in [0.15, 0.2) is 188 Å². The average Bonchev–Trinajstić information content (AvgIpc) is 3.82. The molecule has 8 aromatic carbocycles. The van der Waals surface area contributed by atoms with Crippen molar-refractivity contribution in [2.24, 2.45) is 0 Å². The SMILES string of the molecule is [2H]c1c([2H])c(C(C)(C)C)c([2H])c([2H])c1-c1ccnc(-c2[c-]c(-c3cccc4c3[c-]c(-c3cc(C(C)(C)C)cc(C(C)(C)C)c3O)n4-c3cc(-c4ccccc4)c(C)cc3-c3ccccc3)cc(-c3ccccc3)c2)c1.[Pt+2]. The molecular formula is C68H62N2OPt. The first-order valence-corrected chi connectivity index (χ1v) is 24.5. The monoisotopic (exact) mass is 1120 g/mol. The summed E-state index contributed by atoms with van der Waals surface area (Å²) >= 11 is 0. The molecule has 72 heavy (non-hydrogen) atoms. The predicted molar refractivity (Wildman–Crippen MR) is 299 cm³/mol. The van der Waals surface area contributed by atoms with Crippen LogP contribution in [0.2, 0.25) is 0 Å². The quantitative estimate of drug-likeness (QED) is 0.154. The zero-order chi connectivity index (χ0) is 53.3. The summed E-state index contributed by atoms with van der Waals surface area (Å²) in [5, 5.41) is 13.6. The first kappa shape index (κ1) is 44.8. The second-order valence-corrected chi connectivity index (χ2v) is 21.8. The van der Waals surface area contributed by atoms with Gasteiger partial charge < -0.3 is 9.67 Å². The molecule has 4 heteroatoms. The van der Waals surface area contributed by atoms with Gasteiger partial charge in [0.05, 0.1) is 11.2 Å². The van der Waals surface area contributed by atoms with E-state index in [1.807, 2.05) is 57.2 Å². The Morgan fingerprint density at radius 2 is 1.08 bits per heavy atom. The number of fused-ring (bicyclic) bond motifs is 1. The van der Waals surface area contributed by atoms with Gasteiger partial charge in [0, 0.05) is 23.1 Å². The summed E-state index contributed by atoms with van der Waals surface area (Å²) in [6.45, 7) is 21.0. The fourth-order valence-corrected chi connectivity index (χ4v) is 9.51. The topological polar surface area (TPSA) is 38.1 Å². The number of rotatable bonds is 8. The molecule has 0 aliphatic rings. The minimum Gasteiger partial charge on any atom is -0.517 e. The molecule has 10 rings (SSSR count). The van der Waals surface area contributed by atoms with Gasteiger partial charge in [-0.25, -0.2) is 0 Å². The number of aromatic hydroxyl groups is 1. The predicted octanol–water partition coefficient (Wildman–Crippen LogP) is 18.2.